The van der Waals surface area contributed by atoms with Crippen LogP contribution in [0.5, 0.6) is 0 Å². The molecule has 1 nitrogen and oxygen atoms in total. The van der Waals surface area contributed by atoms with E-state index in [9.17, 15) is 4.79 Å². The highest BCUT2D eigenvalue weighted by Crippen LogP contribution is 2.48. The SMILES string of the molecule is O=c1c2c(sc3c1C=C1C=CC=CC1S3)SC1=CCC=CC1=C2. The van der Waals surface area contributed by atoms with E-state index in [1.165, 1.54) is 16.1 Å². The molecule has 1 unspecified atom stereocenters. The summed E-state index contributed by atoms with van der Waals surface area (Å²) in [7, 11) is 0. The molecule has 0 saturated carbocycles. The highest BCUT2D eigenvalue weighted by Gasteiger charge is 2.27. The van der Waals surface area contributed by atoms with Gasteiger partial charge in [0, 0.05) is 16.0 Å². The van der Waals surface area contributed by atoms with Gasteiger partial charge in [-0.2, -0.15) is 0 Å². The zero-order valence-corrected chi connectivity index (χ0v) is 14.6. The third-order valence-corrected chi connectivity index (χ3v) is 8.19. The third kappa shape index (κ3) is 2.20. The summed E-state index contributed by atoms with van der Waals surface area (Å²) in [5.74, 6) is 0. The average Bonchev–Trinajstić information content (AvgIpc) is 2.59. The fraction of sp³-hybridized carbons (Fsp3) is 0.105. The minimum atomic E-state index is 0.174. The van der Waals surface area contributed by atoms with Gasteiger partial charge in [-0.25, -0.2) is 0 Å². The Balaban J connectivity index is 1.72. The number of fused-ring (bicyclic) bond motifs is 4. The molecule has 4 aliphatic rings. The van der Waals surface area contributed by atoms with Crippen molar-refractivity contribution < 1.29 is 0 Å². The average molecular weight is 353 g/mol. The predicted molar refractivity (Wildman–Crippen MR) is 102 cm³/mol. The van der Waals surface area contributed by atoms with Crippen LogP contribution in [0.2, 0.25) is 0 Å². The van der Waals surface area contributed by atoms with Gasteiger partial charge in [-0.15, -0.1) is 23.1 Å². The minimum Gasteiger partial charge on any atom is -0.288 e. The lowest BCUT2D eigenvalue weighted by Gasteiger charge is -2.25. The van der Waals surface area contributed by atoms with Gasteiger partial charge in [0.25, 0.3) is 0 Å². The van der Waals surface area contributed by atoms with Crippen molar-refractivity contribution in [3.05, 3.63) is 79.9 Å². The molecule has 0 fully saturated rings. The second-order valence-corrected chi connectivity index (χ2v) is 9.41. The van der Waals surface area contributed by atoms with Gasteiger partial charge in [0.05, 0.1) is 13.7 Å². The van der Waals surface area contributed by atoms with E-state index in [-0.39, 0.29) is 5.43 Å². The monoisotopic (exact) mass is 352 g/mol. The Bertz CT molecular complexity index is 967. The molecule has 112 valence electrons. The first-order valence-corrected chi connectivity index (χ1v) is 10.0. The Hall–Kier alpha value is -1.49. The zero-order valence-electron chi connectivity index (χ0n) is 12.1. The predicted octanol–water partition coefficient (Wildman–Crippen LogP) is 5.42. The Kier molecular flexibility index (Phi) is 3.18. The van der Waals surface area contributed by atoms with Crippen molar-refractivity contribution in [2.75, 3.05) is 0 Å². The molecular formula is C19H12OS3. The van der Waals surface area contributed by atoms with E-state index in [4.69, 9.17) is 0 Å². The van der Waals surface area contributed by atoms with Gasteiger partial charge in [-0.1, -0.05) is 54.3 Å². The highest BCUT2D eigenvalue weighted by atomic mass is 32.2. The lowest BCUT2D eigenvalue weighted by atomic mass is 10.0. The number of hydrogen-bond acceptors (Lipinski definition) is 4. The summed E-state index contributed by atoms with van der Waals surface area (Å²) in [5.41, 5.74) is 4.31. The summed E-state index contributed by atoms with van der Waals surface area (Å²) in [6.45, 7) is 0. The van der Waals surface area contributed by atoms with Gasteiger partial charge in [-0.05, 0) is 29.7 Å². The van der Waals surface area contributed by atoms with Gasteiger partial charge in [0.2, 0.25) is 0 Å². The van der Waals surface area contributed by atoms with Gasteiger partial charge in [-0.3, -0.25) is 4.79 Å². The summed E-state index contributed by atoms with van der Waals surface area (Å²) in [6, 6.07) is 0. The first-order chi connectivity index (χ1) is 11.3. The lowest BCUT2D eigenvalue weighted by Crippen LogP contribution is -2.17. The Morgan fingerprint density at radius 2 is 1.96 bits per heavy atom. The molecule has 0 saturated heterocycles. The summed E-state index contributed by atoms with van der Waals surface area (Å²) in [5, 5.41) is 0.345. The molecule has 1 atom stereocenters. The van der Waals surface area contributed by atoms with E-state index in [2.05, 4.69) is 48.6 Å². The van der Waals surface area contributed by atoms with E-state index in [0.717, 1.165) is 26.0 Å². The van der Waals surface area contributed by atoms with Crippen LogP contribution in [0.15, 0.2) is 71.8 Å². The first-order valence-electron chi connectivity index (χ1n) is 7.50. The van der Waals surface area contributed by atoms with Crippen molar-refractivity contribution in [3.8, 4) is 0 Å². The maximum absolute atomic E-state index is 13.0. The quantitative estimate of drug-likeness (QED) is 0.620. The van der Waals surface area contributed by atoms with E-state index in [1.54, 1.807) is 34.9 Å². The number of hydrogen-bond donors (Lipinski definition) is 0. The molecule has 3 heterocycles. The Labute approximate surface area is 146 Å². The normalized spacial score (nSPS) is 23.1. The largest absolute Gasteiger partial charge is 0.288 e. The van der Waals surface area contributed by atoms with Crippen LogP contribution in [0, 0.1) is 0 Å². The lowest BCUT2D eigenvalue weighted by molar-refractivity contribution is 1.25. The van der Waals surface area contributed by atoms with E-state index >= 15 is 0 Å². The van der Waals surface area contributed by atoms with Crippen LogP contribution in [0.1, 0.15) is 17.5 Å². The van der Waals surface area contributed by atoms with Gasteiger partial charge in [0.15, 0.2) is 5.43 Å². The summed E-state index contributed by atoms with van der Waals surface area (Å²) in [6.07, 6.45) is 20.1. The van der Waals surface area contributed by atoms with Crippen LogP contribution >= 0.6 is 34.9 Å². The van der Waals surface area contributed by atoms with Gasteiger partial charge in [0.1, 0.15) is 0 Å². The van der Waals surface area contributed by atoms with Crippen molar-refractivity contribution in [2.24, 2.45) is 0 Å². The summed E-state index contributed by atoms with van der Waals surface area (Å²) >= 11 is 5.32. The minimum absolute atomic E-state index is 0.174. The smallest absolute Gasteiger partial charge is 0.196 e. The maximum Gasteiger partial charge on any atom is 0.196 e. The first kappa shape index (κ1) is 13.9. The van der Waals surface area contributed by atoms with E-state index < -0.39 is 0 Å². The van der Waals surface area contributed by atoms with Crippen molar-refractivity contribution >= 4 is 47.0 Å². The van der Waals surface area contributed by atoms with Crippen LogP contribution in [0.4, 0.5) is 0 Å². The molecule has 0 amide bonds. The van der Waals surface area contributed by atoms with Crippen LogP contribution in [-0.2, 0) is 0 Å². The van der Waals surface area contributed by atoms with Gasteiger partial charge >= 0.3 is 0 Å². The Morgan fingerprint density at radius 1 is 1.04 bits per heavy atom. The molecule has 1 aromatic heterocycles. The number of thioether (sulfide) groups is 2. The zero-order chi connectivity index (χ0) is 15.4. The van der Waals surface area contributed by atoms with Crippen molar-refractivity contribution in [2.45, 2.75) is 20.1 Å². The van der Waals surface area contributed by atoms with E-state index in [1.807, 2.05) is 6.08 Å². The van der Waals surface area contributed by atoms with Crippen molar-refractivity contribution in [1.29, 1.82) is 0 Å². The van der Waals surface area contributed by atoms with Crippen LogP contribution in [0.25, 0.3) is 12.2 Å². The molecule has 0 spiro atoms. The fourth-order valence-electron chi connectivity index (χ4n) is 3.04. The molecule has 0 radical (unpaired) electrons. The van der Waals surface area contributed by atoms with Gasteiger partial charge < -0.3 is 0 Å². The third-order valence-electron chi connectivity index (χ3n) is 4.20. The van der Waals surface area contributed by atoms with Crippen molar-refractivity contribution in [1.82, 2.24) is 0 Å². The van der Waals surface area contributed by atoms with Crippen molar-refractivity contribution in [3.63, 3.8) is 0 Å². The molecule has 2 aliphatic heterocycles. The topological polar surface area (TPSA) is 17.1 Å². The summed E-state index contributed by atoms with van der Waals surface area (Å²) in [4.78, 5) is 14.3. The number of rotatable bonds is 0. The molecular weight excluding hydrogens is 340 g/mol. The second kappa shape index (κ2) is 5.26. The van der Waals surface area contributed by atoms with Crippen LogP contribution < -0.4 is 5.43 Å². The molecule has 4 heteroatoms. The molecule has 2 aliphatic carbocycles. The van der Waals surface area contributed by atoms with E-state index in [0.29, 0.717) is 5.25 Å². The molecule has 0 N–H and O–H groups in total. The summed E-state index contributed by atoms with van der Waals surface area (Å²) < 4.78 is 2.29. The van der Waals surface area contributed by atoms with Crippen LogP contribution in [-0.4, -0.2) is 5.25 Å². The highest BCUT2D eigenvalue weighted by molar-refractivity contribution is 8.06. The standard InChI is InChI=1S/C19H12OS3/c20-17-13-9-11-5-1-3-7-15(11)21-18(13)23-19-14(17)10-12-6-2-4-8-16(12)22-19/h1-3,5-10,15H,4H2. The van der Waals surface area contributed by atoms with Crippen LogP contribution in [0.3, 0.4) is 0 Å². The Morgan fingerprint density at radius 3 is 2.91 bits per heavy atom. The molecule has 5 rings (SSSR count). The molecule has 23 heavy (non-hydrogen) atoms. The number of allylic oxidation sites excluding steroid dienone is 7. The molecule has 1 aromatic rings. The molecule has 0 bridgehead atoms. The maximum atomic E-state index is 13.0. The molecule has 0 aromatic carbocycles. The second-order valence-electron chi connectivity index (χ2n) is 5.67. The fourth-order valence-corrected chi connectivity index (χ4v) is 7.18.